The second-order valence-electron chi connectivity index (χ2n) is 9.35. The molecule has 8 nitrogen and oxygen atoms in total. The van der Waals surface area contributed by atoms with Gasteiger partial charge in [-0.2, -0.15) is 0 Å². The number of ether oxygens (including phenoxy) is 5. The number of benzene rings is 2. The van der Waals surface area contributed by atoms with Crippen LogP contribution in [0.5, 0.6) is 0 Å². The van der Waals surface area contributed by atoms with Crippen molar-refractivity contribution in [2.75, 3.05) is 5.32 Å². The van der Waals surface area contributed by atoms with E-state index in [-0.39, 0.29) is 11.7 Å². The van der Waals surface area contributed by atoms with Crippen molar-refractivity contribution in [3.05, 3.63) is 65.7 Å². The van der Waals surface area contributed by atoms with E-state index in [1.54, 1.807) is 64.1 Å². The van der Waals surface area contributed by atoms with Crippen LogP contribution < -0.4 is 5.32 Å². The normalized spacial score (nSPS) is 31.5. The van der Waals surface area contributed by atoms with Crippen LogP contribution >= 0.6 is 0 Å². The van der Waals surface area contributed by atoms with Crippen LogP contribution in [0, 0.1) is 0 Å². The van der Waals surface area contributed by atoms with Crippen molar-refractivity contribution in [2.24, 2.45) is 0 Å². The average Bonchev–Trinajstić information content (AvgIpc) is 3.27. The lowest BCUT2D eigenvalue weighted by Crippen LogP contribution is -2.58. The molecular formula is C25H27NO7. The van der Waals surface area contributed by atoms with Crippen molar-refractivity contribution in [1.82, 2.24) is 0 Å². The van der Waals surface area contributed by atoms with Crippen LogP contribution in [0.1, 0.15) is 43.6 Å². The van der Waals surface area contributed by atoms with E-state index in [4.69, 9.17) is 23.7 Å². The molecule has 0 radical (unpaired) electrons. The summed E-state index contributed by atoms with van der Waals surface area (Å²) in [6, 6.07) is 15.8. The van der Waals surface area contributed by atoms with Crippen molar-refractivity contribution in [3.63, 3.8) is 0 Å². The highest BCUT2D eigenvalue weighted by atomic mass is 16.9. The first kappa shape index (κ1) is 22.2. The number of hydrogen-bond acceptors (Lipinski definition) is 7. The van der Waals surface area contributed by atoms with Crippen LogP contribution in [0.3, 0.4) is 0 Å². The van der Waals surface area contributed by atoms with E-state index in [0.717, 1.165) is 0 Å². The first-order valence-corrected chi connectivity index (χ1v) is 11.0. The maximum Gasteiger partial charge on any atom is 0.256 e. The molecule has 5 rings (SSSR count). The molecule has 0 saturated carbocycles. The van der Waals surface area contributed by atoms with E-state index < -0.39 is 42.3 Å². The van der Waals surface area contributed by atoms with Gasteiger partial charge < -0.3 is 29.0 Å². The van der Waals surface area contributed by atoms with Gasteiger partial charge in [-0.3, -0.25) is 9.59 Å². The number of amides is 1. The zero-order chi connectivity index (χ0) is 23.4. The Labute approximate surface area is 192 Å². The lowest BCUT2D eigenvalue weighted by molar-refractivity contribution is -0.229. The van der Waals surface area contributed by atoms with Crippen LogP contribution in [-0.2, 0) is 28.5 Å². The lowest BCUT2D eigenvalue weighted by atomic mass is 9.98. The number of rotatable bonds is 4. The largest absolute Gasteiger partial charge is 0.342 e. The molecule has 0 aromatic heterocycles. The van der Waals surface area contributed by atoms with Gasteiger partial charge in [-0.05, 0) is 52.0 Å². The average molecular weight is 453 g/mol. The molecule has 0 bridgehead atoms. The summed E-state index contributed by atoms with van der Waals surface area (Å²) in [7, 11) is 0. The van der Waals surface area contributed by atoms with E-state index in [9.17, 15) is 9.59 Å². The predicted octanol–water partition coefficient (Wildman–Crippen LogP) is 3.25. The molecule has 0 aliphatic carbocycles. The number of carbonyl (C=O) groups excluding carboxylic acids is 2. The SMILES string of the molecule is CC1(C)O[C@H]2[C@@H](O1)[C@@H](C(=O)Nc1ccc(C(=O)c3ccccc3)cc1)O[C@@H]1OC(C)(C)O[C@@H]12. The van der Waals surface area contributed by atoms with Gasteiger partial charge in [-0.25, -0.2) is 0 Å². The summed E-state index contributed by atoms with van der Waals surface area (Å²) in [6.07, 6.45) is -3.37. The van der Waals surface area contributed by atoms with Gasteiger partial charge in [0.2, 0.25) is 0 Å². The van der Waals surface area contributed by atoms with Crippen molar-refractivity contribution in [1.29, 1.82) is 0 Å². The molecule has 1 amide bonds. The van der Waals surface area contributed by atoms with Crippen molar-refractivity contribution < 1.29 is 33.3 Å². The molecule has 1 N–H and O–H groups in total. The molecule has 5 atom stereocenters. The molecule has 33 heavy (non-hydrogen) atoms. The Morgan fingerprint density at radius 2 is 1.30 bits per heavy atom. The minimum Gasteiger partial charge on any atom is -0.342 e. The smallest absolute Gasteiger partial charge is 0.256 e. The Bertz CT molecular complexity index is 1050. The Morgan fingerprint density at radius 1 is 0.727 bits per heavy atom. The second kappa shape index (κ2) is 8.00. The van der Waals surface area contributed by atoms with E-state index in [1.807, 2.05) is 18.2 Å². The third kappa shape index (κ3) is 4.32. The van der Waals surface area contributed by atoms with Gasteiger partial charge in [-0.1, -0.05) is 30.3 Å². The highest BCUT2D eigenvalue weighted by Crippen LogP contribution is 2.44. The summed E-state index contributed by atoms with van der Waals surface area (Å²) in [5.74, 6) is -2.22. The van der Waals surface area contributed by atoms with E-state index >= 15 is 0 Å². The molecule has 8 heteroatoms. The molecule has 0 spiro atoms. The maximum absolute atomic E-state index is 13.2. The van der Waals surface area contributed by atoms with Crippen LogP contribution in [0.15, 0.2) is 54.6 Å². The fourth-order valence-corrected chi connectivity index (χ4v) is 4.50. The summed E-state index contributed by atoms with van der Waals surface area (Å²) < 4.78 is 29.9. The zero-order valence-corrected chi connectivity index (χ0v) is 18.9. The Hall–Kier alpha value is -2.62. The highest BCUT2D eigenvalue weighted by Gasteiger charge is 2.62. The van der Waals surface area contributed by atoms with Crippen LogP contribution in [0.25, 0.3) is 0 Å². The van der Waals surface area contributed by atoms with Gasteiger partial charge in [0.1, 0.15) is 18.3 Å². The van der Waals surface area contributed by atoms with Crippen molar-refractivity contribution in [2.45, 2.75) is 70.0 Å². The van der Waals surface area contributed by atoms with Gasteiger partial charge in [0, 0.05) is 16.8 Å². The Kier molecular flexibility index (Phi) is 5.38. The second-order valence-corrected chi connectivity index (χ2v) is 9.35. The van der Waals surface area contributed by atoms with Gasteiger partial charge in [0.15, 0.2) is 29.8 Å². The van der Waals surface area contributed by atoms with Gasteiger partial charge in [-0.15, -0.1) is 0 Å². The molecule has 3 aliphatic heterocycles. The first-order valence-electron chi connectivity index (χ1n) is 11.0. The molecule has 3 fully saturated rings. The third-order valence-corrected chi connectivity index (χ3v) is 5.86. The number of hydrogen-bond donors (Lipinski definition) is 1. The van der Waals surface area contributed by atoms with Crippen LogP contribution in [0.4, 0.5) is 5.69 Å². The Morgan fingerprint density at radius 3 is 2.00 bits per heavy atom. The fourth-order valence-electron chi connectivity index (χ4n) is 4.50. The lowest BCUT2D eigenvalue weighted by Gasteiger charge is -2.36. The monoisotopic (exact) mass is 453 g/mol. The zero-order valence-electron chi connectivity index (χ0n) is 18.9. The number of nitrogens with one attached hydrogen (secondary N) is 1. The minimum atomic E-state index is -0.957. The van der Waals surface area contributed by atoms with Crippen LogP contribution in [0.2, 0.25) is 0 Å². The molecule has 3 aliphatic rings. The number of carbonyl (C=O) groups is 2. The molecule has 0 unspecified atom stereocenters. The van der Waals surface area contributed by atoms with Gasteiger partial charge >= 0.3 is 0 Å². The highest BCUT2D eigenvalue weighted by molar-refractivity contribution is 6.09. The van der Waals surface area contributed by atoms with Crippen LogP contribution in [-0.4, -0.2) is 54.0 Å². The summed E-state index contributed by atoms with van der Waals surface area (Å²) in [6.45, 7) is 7.16. The summed E-state index contributed by atoms with van der Waals surface area (Å²) in [5, 5.41) is 2.85. The number of ketones is 1. The summed E-state index contributed by atoms with van der Waals surface area (Å²) in [4.78, 5) is 25.8. The van der Waals surface area contributed by atoms with E-state index in [2.05, 4.69) is 5.32 Å². The quantitative estimate of drug-likeness (QED) is 0.711. The van der Waals surface area contributed by atoms with Gasteiger partial charge in [0.05, 0.1) is 0 Å². The maximum atomic E-state index is 13.2. The number of anilines is 1. The van der Waals surface area contributed by atoms with Crippen molar-refractivity contribution in [3.8, 4) is 0 Å². The molecule has 2 aromatic rings. The molecule has 3 heterocycles. The van der Waals surface area contributed by atoms with E-state index in [1.165, 1.54) is 0 Å². The minimum absolute atomic E-state index is 0.0855. The topological polar surface area (TPSA) is 92.3 Å². The van der Waals surface area contributed by atoms with E-state index in [0.29, 0.717) is 16.8 Å². The van der Waals surface area contributed by atoms with Crippen molar-refractivity contribution >= 4 is 17.4 Å². The number of fused-ring (bicyclic) bond motifs is 3. The third-order valence-electron chi connectivity index (χ3n) is 5.86. The fraction of sp³-hybridized carbons (Fsp3) is 0.440. The molecule has 2 aromatic carbocycles. The molecule has 3 saturated heterocycles. The first-order chi connectivity index (χ1) is 15.6. The molecule has 174 valence electrons. The predicted molar refractivity (Wildman–Crippen MR) is 117 cm³/mol. The summed E-state index contributed by atoms with van der Waals surface area (Å²) in [5.41, 5.74) is 1.67. The standard InChI is InChI=1S/C25H27NO7/c1-24(2)30-18-19(31-24)21-23(33-25(3,4)32-21)29-20(18)22(28)26-16-12-10-15(11-13-16)17(27)14-8-6-5-7-9-14/h5-13,18-21,23H,1-4H3,(H,26,28)/t18-,19+,20+,21-,23-/m1/s1. The Balaban J connectivity index is 1.31. The molecular weight excluding hydrogens is 426 g/mol. The van der Waals surface area contributed by atoms with Gasteiger partial charge in [0.25, 0.3) is 5.91 Å². The summed E-state index contributed by atoms with van der Waals surface area (Å²) >= 11 is 0.